The summed E-state index contributed by atoms with van der Waals surface area (Å²) in [6.07, 6.45) is -4.64. The van der Waals surface area contributed by atoms with Crippen molar-refractivity contribution in [2.24, 2.45) is 10.8 Å². The fraction of sp³-hybridized carbons (Fsp3) is 0.703. The number of hydrogen-bond donors (Lipinski definition) is 0. The van der Waals surface area contributed by atoms with Crippen LogP contribution >= 0.6 is 0 Å². The monoisotopic (exact) mass is 1180 g/mol. The van der Waals surface area contributed by atoms with Gasteiger partial charge in [-0.15, -0.1) is 0 Å². The number of likely N-dealkylation sites (N-methyl/N-ethyl adjacent to an activating group) is 4. The summed E-state index contributed by atoms with van der Waals surface area (Å²) in [6.45, 7) is 20.2. The lowest BCUT2D eigenvalue weighted by Crippen LogP contribution is -2.59. The number of cyclic esters (lactones) is 4. The Morgan fingerprint density at radius 2 is 0.857 bits per heavy atom. The van der Waals surface area contributed by atoms with E-state index in [0.717, 1.165) is 51.5 Å². The fourth-order valence-electron chi connectivity index (χ4n) is 11.3. The molecule has 3 aliphatic rings. The van der Waals surface area contributed by atoms with Crippen molar-refractivity contribution < 1.29 is 75.4 Å². The second-order valence-electron chi connectivity index (χ2n) is 27.4. The predicted molar refractivity (Wildman–Crippen MR) is 312 cm³/mol. The van der Waals surface area contributed by atoms with Crippen molar-refractivity contribution in [1.29, 1.82) is 0 Å². The molecule has 3 saturated heterocycles. The number of halogens is 2. The van der Waals surface area contributed by atoms with Gasteiger partial charge in [0.15, 0.2) is 30.5 Å². The van der Waals surface area contributed by atoms with Gasteiger partial charge < -0.3 is 53.0 Å². The summed E-state index contributed by atoms with van der Waals surface area (Å²) < 4.78 is 65.8. The lowest BCUT2D eigenvalue weighted by Gasteiger charge is -2.47. The van der Waals surface area contributed by atoms with Gasteiger partial charge in [0.25, 0.3) is 17.7 Å². The van der Waals surface area contributed by atoms with E-state index in [9.17, 15) is 28.8 Å². The number of carbonyl (C=O) groups excluding carboxylic acids is 7. The average Bonchev–Trinajstić information content (AvgIpc) is 2.69. The van der Waals surface area contributed by atoms with E-state index in [1.54, 1.807) is 32.9 Å². The van der Waals surface area contributed by atoms with Crippen LogP contribution in [0.5, 0.6) is 0 Å². The van der Waals surface area contributed by atoms with Gasteiger partial charge in [0.2, 0.25) is 0 Å². The molecule has 3 heterocycles. The Hall–Kier alpha value is -5.57. The minimum absolute atomic E-state index is 0.0315. The van der Waals surface area contributed by atoms with Gasteiger partial charge in [0, 0.05) is 79.7 Å². The molecule has 9 atom stereocenters. The minimum Gasteiger partial charge on any atom is -0.632 e. The number of benzene rings is 2. The van der Waals surface area contributed by atoms with Gasteiger partial charge in [-0.1, -0.05) is 90.1 Å². The number of hydroxylamine groups is 3. The van der Waals surface area contributed by atoms with E-state index >= 15 is 18.8 Å². The quantitative estimate of drug-likeness (QED) is 0.0842. The van der Waals surface area contributed by atoms with Crippen LogP contribution in [0, 0.1) is 16.0 Å². The van der Waals surface area contributed by atoms with Crippen LogP contribution in [0.15, 0.2) is 48.5 Å². The van der Waals surface area contributed by atoms with Crippen molar-refractivity contribution in [2.75, 3.05) is 61.2 Å². The topological polar surface area (TPSA) is 208 Å². The molecular weight excluding hydrogens is 1090 g/mol. The molecule has 0 spiro atoms. The Morgan fingerprint density at radius 3 is 1.26 bits per heavy atom. The smallest absolute Gasteiger partial charge is 0.366 e. The molecule has 84 heavy (non-hydrogen) atoms. The standard InChI is InChI=1S/C64H96F2N4O14/c1-40-54(71)67(13)50(36-63(9,10)65)58(75)83-48(33-42-17-21-44(22-18-42)46-25-29-79-30-26-46)39-70(16,78)52(38-62(6,7)8)60(77)82-41(2)55(72)68(14)51(37-64(11,12)66)59(76)84-53(56(73)69(15)49(57(74)81-40)35-61(3,4)5)34-43-19-23-45(24-20-43)47-27-31-80-32-28-47/h17-24,40-41,46-53H,25-39H2,1-16H3/t40-,41-,48-,49+,50+,51+,52+,53-,70?/m1/s1. The van der Waals surface area contributed by atoms with Crippen molar-refractivity contribution in [2.45, 2.75) is 219 Å². The summed E-state index contributed by atoms with van der Waals surface area (Å²) in [5.41, 5.74) is -2.24. The summed E-state index contributed by atoms with van der Waals surface area (Å²) in [5.74, 6) is -6.62. The van der Waals surface area contributed by atoms with Gasteiger partial charge in [-0.25, -0.2) is 28.0 Å². The van der Waals surface area contributed by atoms with Crippen molar-refractivity contribution in [3.05, 3.63) is 76.0 Å². The van der Waals surface area contributed by atoms with Gasteiger partial charge in [-0.3, -0.25) is 14.4 Å². The number of hydrogen-bond acceptors (Lipinski definition) is 14. The molecule has 0 saturated carbocycles. The molecule has 1 unspecified atom stereocenters. The molecular formula is C64H96F2N4O14. The lowest BCUT2D eigenvalue weighted by molar-refractivity contribution is -0.881. The van der Waals surface area contributed by atoms with E-state index in [1.807, 2.05) is 57.2 Å². The first kappa shape index (κ1) is 69.2. The third-order valence-corrected chi connectivity index (χ3v) is 16.1. The van der Waals surface area contributed by atoms with Crippen LogP contribution < -0.4 is 0 Å². The van der Waals surface area contributed by atoms with Crippen molar-refractivity contribution in [3.8, 4) is 0 Å². The van der Waals surface area contributed by atoms with Gasteiger partial charge in [-0.05, 0) is 119 Å². The van der Waals surface area contributed by atoms with E-state index in [0.29, 0.717) is 37.6 Å². The van der Waals surface area contributed by atoms with Crippen LogP contribution in [0.2, 0.25) is 0 Å². The summed E-state index contributed by atoms with van der Waals surface area (Å²) in [5, 5.41) is 15.4. The van der Waals surface area contributed by atoms with E-state index in [-0.39, 0.29) is 37.5 Å². The van der Waals surface area contributed by atoms with Crippen LogP contribution in [-0.2, 0) is 74.8 Å². The maximum absolute atomic E-state index is 16.0. The lowest BCUT2D eigenvalue weighted by atomic mass is 9.87. The molecule has 0 radical (unpaired) electrons. The van der Waals surface area contributed by atoms with E-state index in [2.05, 4.69) is 0 Å². The third kappa shape index (κ3) is 20.6. The molecule has 0 aliphatic carbocycles. The maximum Gasteiger partial charge on any atom is 0.366 e. The maximum atomic E-state index is 16.0. The SMILES string of the molecule is C[C@H]1OC(=O)[C@H](CC(C)(C)C)N(C)C(=O)[C@@H](Cc2ccc(C3CCOCC3)cc2)OC(=O)[C@H](CC(C)(C)F)N(C)C(=O)[C@@H](C)OC(=O)[C@H](CC(C)(C)C)[N+](C)([O-])C[C@@H](Cc2ccc(C3CCOCC3)cc2)OC(=O)[C@H](CC(C)(C)F)N(C)C1=O. The normalized spacial score (nSPS) is 27.7. The molecule has 2 aromatic carbocycles. The highest BCUT2D eigenvalue weighted by Gasteiger charge is 2.46. The largest absolute Gasteiger partial charge is 0.632 e. The molecule has 3 fully saturated rings. The third-order valence-electron chi connectivity index (χ3n) is 16.1. The molecule has 470 valence electrons. The summed E-state index contributed by atoms with van der Waals surface area (Å²) >= 11 is 0. The van der Waals surface area contributed by atoms with Crippen molar-refractivity contribution >= 4 is 41.6 Å². The van der Waals surface area contributed by atoms with E-state index in [4.69, 9.17) is 28.4 Å². The first-order valence-corrected chi connectivity index (χ1v) is 29.7. The zero-order chi connectivity index (χ0) is 62.9. The number of esters is 4. The number of rotatable bonds is 12. The number of nitrogens with zero attached hydrogens (tertiary/aromatic N) is 4. The number of alkyl halides is 2. The number of amides is 3. The molecule has 5 rings (SSSR count). The van der Waals surface area contributed by atoms with Crippen molar-refractivity contribution in [3.63, 3.8) is 0 Å². The fourth-order valence-corrected chi connectivity index (χ4v) is 11.3. The highest BCUT2D eigenvalue weighted by molar-refractivity contribution is 5.93. The Labute approximate surface area is 497 Å². The molecule has 2 aromatic rings. The molecule has 0 N–H and O–H groups in total. The summed E-state index contributed by atoms with van der Waals surface area (Å²) in [7, 11) is 5.02. The Balaban J connectivity index is 1.64. The van der Waals surface area contributed by atoms with Gasteiger partial charge in [0.1, 0.15) is 36.0 Å². The van der Waals surface area contributed by atoms with Gasteiger partial charge in [0.05, 0.1) is 7.05 Å². The Bertz CT molecular complexity index is 2560. The number of quaternary nitrogens is 1. The zero-order valence-corrected chi connectivity index (χ0v) is 52.8. The number of ether oxygens (including phenoxy) is 6. The summed E-state index contributed by atoms with van der Waals surface area (Å²) in [4.78, 5) is 106. The highest BCUT2D eigenvalue weighted by atomic mass is 19.1. The van der Waals surface area contributed by atoms with Crippen LogP contribution in [0.25, 0.3) is 0 Å². The molecule has 0 bridgehead atoms. The zero-order valence-electron chi connectivity index (χ0n) is 52.8. The first-order chi connectivity index (χ1) is 38.8. The molecule has 0 aromatic heterocycles. The van der Waals surface area contributed by atoms with Crippen LogP contribution in [0.4, 0.5) is 8.78 Å². The number of carbonyl (C=O) groups is 7. The van der Waals surface area contributed by atoms with Crippen LogP contribution in [0.3, 0.4) is 0 Å². The Morgan fingerprint density at radius 1 is 0.500 bits per heavy atom. The molecule has 20 heteroatoms. The average molecular weight is 1180 g/mol. The summed E-state index contributed by atoms with van der Waals surface area (Å²) in [6, 6.07) is 8.75. The predicted octanol–water partition coefficient (Wildman–Crippen LogP) is 8.90. The molecule has 18 nitrogen and oxygen atoms in total. The Kier molecular flexibility index (Phi) is 23.7. The van der Waals surface area contributed by atoms with Crippen molar-refractivity contribution in [1.82, 2.24) is 14.7 Å². The van der Waals surface area contributed by atoms with Gasteiger partial charge >= 0.3 is 23.9 Å². The van der Waals surface area contributed by atoms with Crippen LogP contribution in [-0.4, -0.2) is 182 Å². The van der Waals surface area contributed by atoms with E-state index < -0.39 is 136 Å². The highest BCUT2D eigenvalue weighted by Crippen LogP contribution is 2.34. The molecule has 3 amide bonds. The van der Waals surface area contributed by atoms with E-state index in [1.165, 1.54) is 69.7 Å². The van der Waals surface area contributed by atoms with Crippen LogP contribution in [0.1, 0.15) is 169 Å². The minimum atomic E-state index is -2.12. The van der Waals surface area contributed by atoms with Gasteiger partial charge in [-0.2, -0.15) is 0 Å². The first-order valence-electron chi connectivity index (χ1n) is 29.7. The second-order valence-corrected chi connectivity index (χ2v) is 27.4. The molecule has 3 aliphatic heterocycles. The second kappa shape index (κ2) is 28.7.